The molecule has 0 aliphatic carbocycles. The van der Waals surface area contributed by atoms with Gasteiger partial charge in [-0.1, -0.05) is 6.92 Å². The number of aromatic amines is 1. The van der Waals surface area contributed by atoms with Crippen molar-refractivity contribution in [3.8, 4) is 5.88 Å². The fraction of sp³-hybridized carbons (Fsp3) is 0.238. The number of amides is 1. The summed E-state index contributed by atoms with van der Waals surface area (Å²) in [7, 11) is 1.77. The molecule has 6 nitrogen and oxygen atoms in total. The molecule has 6 heteroatoms. The third-order valence-corrected chi connectivity index (χ3v) is 4.54. The maximum absolute atomic E-state index is 12.0. The van der Waals surface area contributed by atoms with E-state index in [2.05, 4.69) is 9.98 Å². The van der Waals surface area contributed by atoms with Crippen molar-refractivity contribution in [2.45, 2.75) is 26.7 Å². The molecule has 0 atom stereocenters. The Morgan fingerprint density at radius 1 is 1.22 bits per heavy atom. The molecular formula is C21H24N4O2. The minimum atomic E-state index is 0.0679. The van der Waals surface area contributed by atoms with E-state index in [1.165, 1.54) is 0 Å². The highest BCUT2D eigenvalue weighted by Crippen LogP contribution is 2.30. The molecule has 0 bridgehead atoms. The van der Waals surface area contributed by atoms with Gasteiger partial charge >= 0.3 is 0 Å². The van der Waals surface area contributed by atoms with Crippen LogP contribution in [0, 0.1) is 0 Å². The van der Waals surface area contributed by atoms with Gasteiger partial charge in [0.15, 0.2) is 5.88 Å². The third-order valence-electron chi connectivity index (χ3n) is 4.54. The zero-order valence-electron chi connectivity index (χ0n) is 15.8. The summed E-state index contributed by atoms with van der Waals surface area (Å²) in [4.78, 5) is 21.2. The molecule has 0 aliphatic rings. The van der Waals surface area contributed by atoms with E-state index in [9.17, 15) is 9.90 Å². The number of hydrogen-bond donors (Lipinski definition) is 3. The van der Waals surface area contributed by atoms with Crippen LogP contribution in [0.4, 0.5) is 17.1 Å². The van der Waals surface area contributed by atoms with Gasteiger partial charge in [-0.25, -0.2) is 0 Å². The van der Waals surface area contributed by atoms with Crippen LogP contribution >= 0.6 is 0 Å². The van der Waals surface area contributed by atoms with E-state index in [1.807, 2.05) is 50.2 Å². The van der Waals surface area contributed by atoms with E-state index < -0.39 is 0 Å². The van der Waals surface area contributed by atoms with Crippen LogP contribution in [0.3, 0.4) is 0 Å². The molecule has 2 aromatic carbocycles. The lowest BCUT2D eigenvalue weighted by atomic mass is 10.1. The second-order valence-corrected chi connectivity index (χ2v) is 6.57. The van der Waals surface area contributed by atoms with Crippen LogP contribution in [0.5, 0.6) is 5.88 Å². The second kappa shape index (κ2) is 7.53. The third kappa shape index (κ3) is 3.79. The van der Waals surface area contributed by atoms with Gasteiger partial charge in [-0.15, -0.1) is 0 Å². The molecule has 4 N–H and O–H groups in total. The number of nitrogens with zero attached hydrogens (tertiary/aromatic N) is 2. The number of rotatable bonds is 5. The van der Waals surface area contributed by atoms with Crippen molar-refractivity contribution in [3.05, 3.63) is 48.0 Å². The number of nitrogens with one attached hydrogen (secondary N) is 1. The van der Waals surface area contributed by atoms with Crippen molar-refractivity contribution in [1.82, 2.24) is 4.98 Å². The van der Waals surface area contributed by atoms with Crippen molar-refractivity contribution >= 4 is 39.6 Å². The molecule has 0 radical (unpaired) electrons. The smallest absolute Gasteiger partial charge is 0.226 e. The van der Waals surface area contributed by atoms with Crippen molar-refractivity contribution in [2.24, 2.45) is 4.99 Å². The van der Waals surface area contributed by atoms with Gasteiger partial charge in [0, 0.05) is 35.7 Å². The minimum absolute atomic E-state index is 0.0679. The van der Waals surface area contributed by atoms with Crippen molar-refractivity contribution in [1.29, 1.82) is 0 Å². The number of aliphatic imine (C=N–C) groups is 1. The van der Waals surface area contributed by atoms with Crippen LogP contribution in [0.1, 0.15) is 32.3 Å². The lowest BCUT2D eigenvalue weighted by molar-refractivity contribution is -0.118. The molecule has 3 aromatic rings. The molecule has 27 heavy (non-hydrogen) atoms. The van der Waals surface area contributed by atoms with Crippen molar-refractivity contribution in [2.75, 3.05) is 17.7 Å². The van der Waals surface area contributed by atoms with Gasteiger partial charge in [-0.3, -0.25) is 9.79 Å². The summed E-state index contributed by atoms with van der Waals surface area (Å²) in [5, 5.41) is 11.1. The van der Waals surface area contributed by atoms with E-state index >= 15 is 0 Å². The van der Waals surface area contributed by atoms with Gasteiger partial charge in [-0.2, -0.15) is 0 Å². The summed E-state index contributed by atoms with van der Waals surface area (Å²) in [5.41, 5.74) is 10.2. The number of hydrogen-bond acceptors (Lipinski definition) is 4. The molecule has 0 fully saturated rings. The molecule has 1 heterocycles. The van der Waals surface area contributed by atoms with Gasteiger partial charge in [0.05, 0.1) is 17.0 Å². The molecular weight excluding hydrogens is 340 g/mol. The molecule has 1 amide bonds. The van der Waals surface area contributed by atoms with Crippen LogP contribution in [-0.4, -0.2) is 28.8 Å². The first-order valence-corrected chi connectivity index (χ1v) is 8.93. The number of carbonyl (C=O) groups excluding carboxylic acids is 1. The fourth-order valence-electron chi connectivity index (χ4n) is 3.09. The molecule has 3 rings (SSSR count). The van der Waals surface area contributed by atoms with E-state index in [-0.39, 0.29) is 11.8 Å². The lowest BCUT2D eigenvalue weighted by Crippen LogP contribution is -2.25. The molecule has 1 aromatic heterocycles. The monoisotopic (exact) mass is 364 g/mol. The molecule has 0 unspecified atom stereocenters. The molecule has 0 saturated carbocycles. The number of benzene rings is 2. The van der Waals surface area contributed by atoms with Crippen LogP contribution in [0.2, 0.25) is 0 Å². The predicted octanol–water partition coefficient (Wildman–Crippen LogP) is 4.36. The Morgan fingerprint density at radius 2 is 1.93 bits per heavy atom. The average molecular weight is 364 g/mol. The molecule has 140 valence electrons. The van der Waals surface area contributed by atoms with Crippen LogP contribution < -0.4 is 10.6 Å². The normalized spacial score (nSPS) is 11.7. The number of aromatic nitrogens is 1. The Bertz CT molecular complexity index is 1000. The van der Waals surface area contributed by atoms with Gasteiger partial charge in [-0.05, 0) is 55.8 Å². The SMILES string of the molecule is CCCC(=O)N(C)c1ccc(N=C(C)c2c(O)[nH]c3ccc(N)cc23)cc1. The Hall–Kier alpha value is -3.28. The van der Waals surface area contributed by atoms with Gasteiger partial charge in [0.1, 0.15) is 0 Å². The number of carbonyl (C=O) groups is 1. The summed E-state index contributed by atoms with van der Waals surface area (Å²) in [5.74, 6) is 0.157. The first-order chi connectivity index (χ1) is 12.9. The van der Waals surface area contributed by atoms with E-state index in [4.69, 9.17) is 5.73 Å². The van der Waals surface area contributed by atoms with Crippen LogP contribution in [0.15, 0.2) is 47.5 Å². The largest absolute Gasteiger partial charge is 0.494 e. The zero-order valence-corrected chi connectivity index (χ0v) is 15.8. The van der Waals surface area contributed by atoms with Gasteiger partial charge in [0.2, 0.25) is 5.91 Å². The second-order valence-electron chi connectivity index (χ2n) is 6.57. The molecule has 0 aliphatic heterocycles. The first-order valence-electron chi connectivity index (χ1n) is 8.93. The molecule has 0 saturated heterocycles. The highest BCUT2D eigenvalue weighted by atomic mass is 16.3. The number of fused-ring (bicyclic) bond motifs is 1. The quantitative estimate of drug-likeness (QED) is 0.464. The summed E-state index contributed by atoms with van der Waals surface area (Å²) >= 11 is 0. The van der Waals surface area contributed by atoms with Crippen LogP contribution in [-0.2, 0) is 4.79 Å². The van der Waals surface area contributed by atoms with Crippen LogP contribution in [0.25, 0.3) is 10.9 Å². The fourth-order valence-corrected chi connectivity index (χ4v) is 3.09. The van der Waals surface area contributed by atoms with Gasteiger partial charge < -0.3 is 20.7 Å². The summed E-state index contributed by atoms with van der Waals surface area (Å²) < 4.78 is 0. The minimum Gasteiger partial charge on any atom is -0.494 e. The molecule has 0 spiro atoms. The number of aromatic hydroxyl groups is 1. The van der Waals surface area contributed by atoms with Crippen molar-refractivity contribution < 1.29 is 9.90 Å². The number of nitrogen functional groups attached to an aromatic ring is 1. The summed E-state index contributed by atoms with van der Waals surface area (Å²) in [6.45, 7) is 3.83. The number of H-pyrrole nitrogens is 1. The summed E-state index contributed by atoms with van der Waals surface area (Å²) in [6, 6.07) is 12.9. The van der Waals surface area contributed by atoms with E-state index in [1.54, 1.807) is 18.0 Å². The maximum atomic E-state index is 12.0. The van der Waals surface area contributed by atoms with E-state index in [0.29, 0.717) is 23.4 Å². The zero-order chi connectivity index (χ0) is 19.6. The van der Waals surface area contributed by atoms with E-state index in [0.717, 1.165) is 28.7 Å². The highest BCUT2D eigenvalue weighted by Gasteiger charge is 2.14. The van der Waals surface area contributed by atoms with Crippen molar-refractivity contribution in [3.63, 3.8) is 0 Å². The Kier molecular flexibility index (Phi) is 5.16. The summed E-state index contributed by atoms with van der Waals surface area (Å²) in [6.07, 6.45) is 1.35. The highest BCUT2D eigenvalue weighted by molar-refractivity contribution is 6.13. The first kappa shape index (κ1) is 18.5. The Morgan fingerprint density at radius 3 is 2.59 bits per heavy atom. The van der Waals surface area contributed by atoms with Gasteiger partial charge in [0.25, 0.3) is 0 Å². The topological polar surface area (TPSA) is 94.7 Å². The predicted molar refractivity (Wildman–Crippen MR) is 111 cm³/mol. The standard InChI is InChI=1S/C21H24N4O2/c1-4-5-19(26)25(3)16-9-7-15(8-10-16)23-13(2)20-17-12-14(22)6-11-18(17)24-21(20)27/h6-12,24,27H,4-5,22H2,1-3H3. The maximum Gasteiger partial charge on any atom is 0.226 e. The number of anilines is 2. The Balaban J connectivity index is 1.90. The number of nitrogens with two attached hydrogens (primary N) is 1. The average Bonchev–Trinajstić information content (AvgIpc) is 2.97. The Labute approximate surface area is 158 Å². The lowest BCUT2D eigenvalue weighted by Gasteiger charge is -2.17.